The Kier molecular flexibility index (Phi) is 4.75. The van der Waals surface area contributed by atoms with E-state index in [1.165, 1.54) is 6.07 Å². The SMILES string of the molecule is Nc1nccn2c1c(C1Cc3cccc(C(F)(F)F)c3N1)nc2[C@H]1CC[C@H](C(=O)O)CC1. The number of nitrogens with zero attached hydrogens (tertiary/aromatic N) is 3. The predicted molar refractivity (Wildman–Crippen MR) is 111 cm³/mol. The van der Waals surface area contributed by atoms with Crippen molar-refractivity contribution in [2.24, 2.45) is 5.92 Å². The van der Waals surface area contributed by atoms with Gasteiger partial charge in [0.05, 0.1) is 28.9 Å². The van der Waals surface area contributed by atoms with E-state index in [1.54, 1.807) is 18.5 Å². The van der Waals surface area contributed by atoms with Crippen LogP contribution < -0.4 is 11.1 Å². The Morgan fingerprint density at radius 1 is 1.22 bits per heavy atom. The number of aliphatic carboxylic acids is 1. The number of aromatic nitrogens is 3. The van der Waals surface area contributed by atoms with Crippen molar-refractivity contribution in [1.82, 2.24) is 14.4 Å². The number of imidazole rings is 1. The number of rotatable bonds is 3. The van der Waals surface area contributed by atoms with E-state index in [0.717, 1.165) is 11.9 Å². The number of carboxylic acid groups (broad SMARTS) is 1. The third-order valence-electron chi connectivity index (χ3n) is 6.61. The van der Waals surface area contributed by atoms with Gasteiger partial charge in [-0.1, -0.05) is 12.1 Å². The molecule has 0 amide bonds. The lowest BCUT2D eigenvalue weighted by atomic mass is 9.81. The van der Waals surface area contributed by atoms with Gasteiger partial charge in [-0.05, 0) is 37.3 Å². The number of hydrogen-bond acceptors (Lipinski definition) is 5. The number of nitrogens with two attached hydrogens (primary N) is 1. The molecule has 168 valence electrons. The lowest BCUT2D eigenvalue weighted by Crippen LogP contribution is -2.21. The first-order chi connectivity index (χ1) is 15.2. The number of para-hydroxylation sites is 1. The smallest absolute Gasteiger partial charge is 0.418 e. The fraction of sp³-hybridized carbons (Fsp3) is 0.409. The number of alkyl halides is 3. The van der Waals surface area contributed by atoms with Gasteiger partial charge in [-0.25, -0.2) is 9.97 Å². The molecule has 1 aliphatic heterocycles. The molecule has 0 saturated heterocycles. The predicted octanol–water partition coefficient (Wildman–Crippen LogP) is 4.40. The highest BCUT2D eigenvalue weighted by Crippen LogP contribution is 2.45. The van der Waals surface area contributed by atoms with Crippen LogP contribution in [0.3, 0.4) is 0 Å². The summed E-state index contributed by atoms with van der Waals surface area (Å²) in [5.74, 6) is -0.0754. The average molecular weight is 445 g/mol. The molecule has 3 heterocycles. The van der Waals surface area contributed by atoms with Crippen LogP contribution >= 0.6 is 0 Å². The van der Waals surface area contributed by atoms with Gasteiger partial charge in [-0.15, -0.1) is 0 Å². The normalized spacial score (nSPS) is 23.2. The summed E-state index contributed by atoms with van der Waals surface area (Å²) in [5, 5.41) is 12.3. The summed E-state index contributed by atoms with van der Waals surface area (Å²) in [7, 11) is 0. The molecule has 4 N–H and O–H groups in total. The summed E-state index contributed by atoms with van der Waals surface area (Å²) in [6.45, 7) is 0. The zero-order chi connectivity index (χ0) is 22.6. The van der Waals surface area contributed by atoms with E-state index < -0.39 is 23.8 Å². The van der Waals surface area contributed by atoms with Crippen molar-refractivity contribution in [3.8, 4) is 0 Å². The van der Waals surface area contributed by atoms with Crippen LogP contribution in [0.4, 0.5) is 24.7 Å². The number of carboxylic acids is 1. The Bertz CT molecular complexity index is 1200. The van der Waals surface area contributed by atoms with Crippen LogP contribution in [0.5, 0.6) is 0 Å². The van der Waals surface area contributed by atoms with Gasteiger partial charge in [-0.2, -0.15) is 13.2 Å². The maximum atomic E-state index is 13.5. The molecule has 0 radical (unpaired) electrons. The van der Waals surface area contributed by atoms with Gasteiger partial charge in [0.25, 0.3) is 0 Å². The van der Waals surface area contributed by atoms with E-state index in [1.807, 2.05) is 4.40 Å². The van der Waals surface area contributed by atoms with E-state index in [2.05, 4.69) is 10.3 Å². The number of nitrogen functional groups attached to an aromatic ring is 1. The largest absolute Gasteiger partial charge is 0.481 e. The van der Waals surface area contributed by atoms with Crippen molar-refractivity contribution in [3.63, 3.8) is 0 Å². The Balaban J connectivity index is 1.53. The first-order valence-electron chi connectivity index (χ1n) is 10.5. The number of nitrogens with one attached hydrogen (secondary N) is 1. The van der Waals surface area contributed by atoms with Gasteiger partial charge in [-0.3, -0.25) is 9.20 Å². The third-order valence-corrected chi connectivity index (χ3v) is 6.61. The molecule has 1 atom stereocenters. The highest BCUT2D eigenvalue weighted by atomic mass is 19.4. The minimum absolute atomic E-state index is 0.0446. The van der Waals surface area contributed by atoms with Crippen molar-refractivity contribution in [2.45, 2.75) is 50.2 Å². The Morgan fingerprint density at radius 2 is 1.97 bits per heavy atom. The van der Waals surface area contributed by atoms with E-state index in [0.29, 0.717) is 48.9 Å². The molecule has 1 saturated carbocycles. The second-order valence-corrected chi connectivity index (χ2v) is 8.51. The minimum atomic E-state index is -4.46. The summed E-state index contributed by atoms with van der Waals surface area (Å²) in [5.41, 5.74) is 7.29. The molecule has 10 heteroatoms. The van der Waals surface area contributed by atoms with E-state index in [9.17, 15) is 23.1 Å². The van der Waals surface area contributed by atoms with Crippen molar-refractivity contribution >= 4 is 23.0 Å². The lowest BCUT2D eigenvalue weighted by Gasteiger charge is -2.25. The molecular formula is C22H22F3N5O2. The molecule has 0 bridgehead atoms. The fourth-order valence-electron chi connectivity index (χ4n) is 5.03. The van der Waals surface area contributed by atoms with E-state index in [-0.39, 0.29) is 23.3 Å². The molecule has 2 aliphatic rings. The van der Waals surface area contributed by atoms with Crippen LogP contribution in [0.2, 0.25) is 0 Å². The number of carbonyl (C=O) groups is 1. The van der Waals surface area contributed by atoms with Crippen LogP contribution in [0, 0.1) is 5.92 Å². The summed E-state index contributed by atoms with van der Waals surface area (Å²) < 4.78 is 42.3. The quantitative estimate of drug-likeness (QED) is 0.552. The van der Waals surface area contributed by atoms with E-state index in [4.69, 9.17) is 10.7 Å². The minimum Gasteiger partial charge on any atom is -0.481 e. The number of benzene rings is 1. The summed E-state index contributed by atoms with van der Waals surface area (Å²) in [6, 6.07) is 3.70. The monoisotopic (exact) mass is 445 g/mol. The van der Waals surface area contributed by atoms with Crippen molar-refractivity contribution in [3.05, 3.63) is 53.2 Å². The third kappa shape index (κ3) is 3.34. The number of hydrogen-bond donors (Lipinski definition) is 3. The maximum Gasteiger partial charge on any atom is 0.418 e. The molecule has 2 aromatic heterocycles. The van der Waals surface area contributed by atoms with E-state index >= 15 is 0 Å². The first kappa shape index (κ1) is 20.6. The molecule has 3 aromatic rings. The second kappa shape index (κ2) is 7.39. The molecule has 1 fully saturated rings. The average Bonchev–Trinajstić information content (AvgIpc) is 3.35. The molecule has 1 unspecified atom stereocenters. The van der Waals surface area contributed by atoms with Gasteiger partial charge in [0.2, 0.25) is 0 Å². The zero-order valence-electron chi connectivity index (χ0n) is 17.1. The second-order valence-electron chi connectivity index (χ2n) is 8.51. The van der Waals surface area contributed by atoms with Crippen LogP contribution in [0.15, 0.2) is 30.6 Å². The molecule has 32 heavy (non-hydrogen) atoms. The number of halogens is 3. The molecular weight excluding hydrogens is 423 g/mol. The summed E-state index contributed by atoms with van der Waals surface area (Å²) in [4.78, 5) is 20.3. The Labute approximate surface area is 181 Å². The number of fused-ring (bicyclic) bond motifs is 2. The molecule has 7 nitrogen and oxygen atoms in total. The first-order valence-corrected chi connectivity index (χ1v) is 10.5. The van der Waals surface area contributed by atoms with Crippen LogP contribution in [-0.2, 0) is 17.4 Å². The summed E-state index contributed by atoms with van der Waals surface area (Å²) >= 11 is 0. The van der Waals surface area contributed by atoms with Crippen molar-refractivity contribution in [2.75, 3.05) is 11.1 Å². The topological polar surface area (TPSA) is 106 Å². The molecule has 5 rings (SSSR count). The molecule has 0 spiro atoms. The van der Waals surface area contributed by atoms with Crippen LogP contribution in [0.1, 0.15) is 60.3 Å². The lowest BCUT2D eigenvalue weighted by molar-refractivity contribution is -0.143. The maximum absolute atomic E-state index is 13.5. The standard InChI is InChI=1S/C22H22F3N5O2/c23-22(24,25)14-3-1-2-13-10-15(28-16(13)14)17-18-19(26)27-8-9-30(18)20(29-17)11-4-6-12(7-5-11)21(31)32/h1-3,8-9,11-12,15,28H,4-7,10H2,(H2,26,27)(H,31,32)/t11-,12-,15?. The van der Waals surface area contributed by atoms with Crippen LogP contribution in [0.25, 0.3) is 5.52 Å². The molecule has 1 aromatic carbocycles. The molecule has 1 aliphatic carbocycles. The zero-order valence-corrected chi connectivity index (χ0v) is 17.1. The van der Waals surface area contributed by atoms with Crippen molar-refractivity contribution in [1.29, 1.82) is 0 Å². The van der Waals surface area contributed by atoms with Gasteiger partial charge >= 0.3 is 12.1 Å². The fourth-order valence-corrected chi connectivity index (χ4v) is 5.03. The van der Waals surface area contributed by atoms with Gasteiger partial charge in [0.1, 0.15) is 17.2 Å². The van der Waals surface area contributed by atoms with Gasteiger partial charge < -0.3 is 16.2 Å². The van der Waals surface area contributed by atoms with Gasteiger partial charge in [0, 0.05) is 24.7 Å². The van der Waals surface area contributed by atoms with Crippen LogP contribution in [-0.4, -0.2) is 25.4 Å². The highest BCUT2D eigenvalue weighted by molar-refractivity contribution is 5.73. The van der Waals surface area contributed by atoms with Gasteiger partial charge in [0.15, 0.2) is 0 Å². The Hall–Kier alpha value is -3.30. The number of anilines is 2. The summed E-state index contributed by atoms with van der Waals surface area (Å²) in [6.07, 6.45) is 1.69. The highest BCUT2D eigenvalue weighted by Gasteiger charge is 2.39. The Morgan fingerprint density at radius 3 is 2.66 bits per heavy atom. The van der Waals surface area contributed by atoms with Crippen molar-refractivity contribution < 1.29 is 23.1 Å².